The highest BCUT2D eigenvalue weighted by Gasteiger charge is 2.10. The highest BCUT2D eigenvalue weighted by atomic mass is 16.6. The van der Waals surface area contributed by atoms with Gasteiger partial charge in [0.25, 0.3) is 0 Å². The first-order chi connectivity index (χ1) is 9.38. The molecule has 0 bridgehead atoms. The number of carbonyl (C=O) groups is 3. The van der Waals surface area contributed by atoms with E-state index in [-0.39, 0.29) is 5.75 Å². The van der Waals surface area contributed by atoms with E-state index >= 15 is 0 Å². The van der Waals surface area contributed by atoms with Gasteiger partial charge in [0.05, 0.1) is 5.69 Å². The third-order valence-electron chi connectivity index (χ3n) is 2.20. The molecule has 2 amide bonds. The Kier molecular flexibility index (Phi) is 5.33. The Balaban J connectivity index is 2.40. The maximum Gasteiger partial charge on any atom is 0.413 e. The van der Waals surface area contributed by atoms with Gasteiger partial charge in [-0.05, 0) is 24.6 Å². The molecule has 0 fully saturated rings. The number of nitrogen functional groups attached to an aromatic ring is 1. The van der Waals surface area contributed by atoms with Crippen molar-refractivity contribution in [3.8, 4) is 5.75 Å². The van der Waals surface area contributed by atoms with E-state index in [2.05, 4.69) is 10.6 Å². The fraction of sp³-hybridized carbons (Fsp3) is 0.250. The van der Waals surface area contributed by atoms with Crippen molar-refractivity contribution in [2.75, 3.05) is 18.8 Å². The first-order valence-corrected chi connectivity index (χ1v) is 5.69. The number of nitrogens with one attached hydrogen (secondary N) is 2. The predicted octanol–water partition coefficient (Wildman–Crippen LogP) is -0.134. The van der Waals surface area contributed by atoms with Crippen molar-refractivity contribution in [2.45, 2.75) is 6.92 Å². The van der Waals surface area contributed by atoms with Crippen LogP contribution in [0.2, 0.25) is 0 Å². The molecule has 8 nitrogen and oxygen atoms in total. The topological polar surface area (TPSA) is 131 Å². The van der Waals surface area contributed by atoms with Gasteiger partial charge in [-0.25, -0.2) is 4.79 Å². The van der Waals surface area contributed by atoms with Gasteiger partial charge in [-0.15, -0.1) is 0 Å². The number of carbonyl (C=O) groups excluding carboxylic acids is 2. The normalized spacial score (nSPS) is 9.65. The van der Waals surface area contributed by atoms with Crippen LogP contribution >= 0.6 is 0 Å². The molecule has 0 unspecified atom stereocenters. The molecule has 0 aliphatic heterocycles. The number of carboxylic acids is 1. The molecule has 20 heavy (non-hydrogen) atoms. The van der Waals surface area contributed by atoms with Crippen LogP contribution in [-0.2, 0) is 9.59 Å². The molecule has 0 aliphatic rings. The summed E-state index contributed by atoms with van der Waals surface area (Å²) in [4.78, 5) is 32.8. The van der Waals surface area contributed by atoms with Crippen LogP contribution in [0.1, 0.15) is 5.56 Å². The van der Waals surface area contributed by atoms with Gasteiger partial charge in [-0.1, -0.05) is 6.07 Å². The van der Waals surface area contributed by atoms with Crippen LogP contribution in [0.4, 0.5) is 10.5 Å². The number of hydrogen-bond acceptors (Lipinski definition) is 5. The number of carboxylic acid groups (broad SMARTS) is 1. The van der Waals surface area contributed by atoms with E-state index in [1.165, 1.54) is 6.07 Å². The van der Waals surface area contributed by atoms with Gasteiger partial charge in [0.1, 0.15) is 13.1 Å². The second-order valence-corrected chi connectivity index (χ2v) is 3.95. The second kappa shape index (κ2) is 6.98. The van der Waals surface area contributed by atoms with Gasteiger partial charge in [-0.2, -0.15) is 0 Å². The number of anilines is 1. The smallest absolute Gasteiger partial charge is 0.413 e. The van der Waals surface area contributed by atoms with Crippen molar-refractivity contribution < 1.29 is 24.2 Å². The lowest BCUT2D eigenvalue weighted by molar-refractivity contribution is -0.137. The van der Waals surface area contributed by atoms with Gasteiger partial charge in [0.15, 0.2) is 5.75 Å². The summed E-state index contributed by atoms with van der Waals surface area (Å²) >= 11 is 0. The largest absolute Gasteiger partial charge is 0.480 e. The van der Waals surface area contributed by atoms with E-state index in [0.717, 1.165) is 5.56 Å². The molecule has 0 atom stereocenters. The molecule has 0 aromatic heterocycles. The summed E-state index contributed by atoms with van der Waals surface area (Å²) in [5.41, 5.74) is 6.88. The highest BCUT2D eigenvalue weighted by Crippen LogP contribution is 2.21. The molecular formula is C12H15N3O5. The Morgan fingerprint density at radius 1 is 1.25 bits per heavy atom. The maximum atomic E-state index is 11.4. The molecule has 0 aliphatic carbocycles. The van der Waals surface area contributed by atoms with Crippen LogP contribution in [0.3, 0.4) is 0 Å². The molecule has 1 rings (SSSR count). The van der Waals surface area contributed by atoms with Crippen LogP contribution in [0.15, 0.2) is 18.2 Å². The van der Waals surface area contributed by atoms with E-state index in [1.807, 2.05) is 6.92 Å². The zero-order valence-electron chi connectivity index (χ0n) is 10.8. The predicted molar refractivity (Wildman–Crippen MR) is 70.3 cm³/mol. The quantitative estimate of drug-likeness (QED) is 0.556. The number of aliphatic carboxylic acids is 1. The van der Waals surface area contributed by atoms with Crippen LogP contribution in [0.5, 0.6) is 5.75 Å². The van der Waals surface area contributed by atoms with E-state index < -0.39 is 31.1 Å². The molecule has 1 aromatic carbocycles. The van der Waals surface area contributed by atoms with Gasteiger partial charge >= 0.3 is 12.1 Å². The molecule has 108 valence electrons. The van der Waals surface area contributed by atoms with Crippen molar-refractivity contribution in [1.82, 2.24) is 10.6 Å². The number of benzene rings is 1. The molecule has 0 radical (unpaired) electrons. The lowest BCUT2D eigenvalue weighted by atomic mass is 10.2. The summed E-state index contributed by atoms with van der Waals surface area (Å²) in [6.45, 7) is 0.936. The number of hydrogen-bond donors (Lipinski definition) is 4. The summed E-state index contributed by atoms with van der Waals surface area (Å²) < 4.78 is 4.90. The van der Waals surface area contributed by atoms with Crippen LogP contribution in [0, 0.1) is 6.92 Å². The van der Waals surface area contributed by atoms with Crippen molar-refractivity contribution in [3.63, 3.8) is 0 Å². The van der Waals surface area contributed by atoms with E-state index in [0.29, 0.717) is 5.69 Å². The third-order valence-corrected chi connectivity index (χ3v) is 2.20. The summed E-state index contributed by atoms with van der Waals surface area (Å²) in [5.74, 6) is -1.63. The molecule has 5 N–H and O–H groups in total. The Hall–Kier alpha value is -2.77. The number of nitrogens with two attached hydrogens (primary N) is 1. The van der Waals surface area contributed by atoms with Crippen LogP contribution < -0.4 is 21.1 Å². The van der Waals surface area contributed by atoms with Crippen LogP contribution in [0.25, 0.3) is 0 Å². The number of aryl methyl sites for hydroxylation is 1. The first kappa shape index (κ1) is 15.3. The summed E-state index contributed by atoms with van der Waals surface area (Å²) in [6.07, 6.45) is -0.856. The van der Waals surface area contributed by atoms with E-state index in [1.54, 1.807) is 12.1 Å². The van der Waals surface area contributed by atoms with Crippen molar-refractivity contribution >= 4 is 23.7 Å². The van der Waals surface area contributed by atoms with E-state index in [4.69, 9.17) is 15.6 Å². The minimum Gasteiger partial charge on any atom is -0.480 e. The molecule has 0 heterocycles. The molecule has 0 saturated heterocycles. The minimum absolute atomic E-state index is 0.180. The van der Waals surface area contributed by atoms with Crippen molar-refractivity contribution in [1.29, 1.82) is 0 Å². The molecular weight excluding hydrogens is 266 g/mol. The first-order valence-electron chi connectivity index (χ1n) is 5.69. The van der Waals surface area contributed by atoms with Gasteiger partial charge in [-0.3, -0.25) is 9.59 Å². The Bertz CT molecular complexity index is 530. The van der Waals surface area contributed by atoms with Gasteiger partial charge in [0.2, 0.25) is 5.91 Å². The Morgan fingerprint density at radius 3 is 2.55 bits per heavy atom. The standard InChI is InChI=1S/C12H15N3O5/c1-7-2-3-9(8(13)4-7)20-12(19)15-5-10(16)14-6-11(17)18/h2-4H,5-6,13H2,1H3,(H,14,16)(H,15,19)(H,17,18). The second-order valence-electron chi connectivity index (χ2n) is 3.95. The third kappa shape index (κ3) is 5.25. The maximum absolute atomic E-state index is 11.4. The SMILES string of the molecule is Cc1ccc(OC(=O)NCC(=O)NCC(=O)O)c(N)c1. The number of amides is 2. The summed E-state index contributed by atoms with van der Waals surface area (Å²) in [6, 6.07) is 4.90. The van der Waals surface area contributed by atoms with Gasteiger partial charge < -0.3 is 26.2 Å². The van der Waals surface area contributed by atoms with Gasteiger partial charge in [0, 0.05) is 0 Å². The average Bonchev–Trinajstić information content (AvgIpc) is 2.37. The number of ether oxygens (including phenoxy) is 1. The summed E-state index contributed by atoms with van der Waals surface area (Å²) in [7, 11) is 0. The van der Waals surface area contributed by atoms with Crippen LogP contribution in [-0.4, -0.2) is 36.2 Å². The average molecular weight is 281 g/mol. The number of rotatable bonds is 5. The lowest BCUT2D eigenvalue weighted by Gasteiger charge is -2.09. The fourth-order valence-electron chi connectivity index (χ4n) is 1.29. The monoisotopic (exact) mass is 281 g/mol. The zero-order chi connectivity index (χ0) is 15.1. The molecule has 8 heteroatoms. The Labute approximate surface area is 114 Å². The molecule has 0 spiro atoms. The fourth-order valence-corrected chi connectivity index (χ4v) is 1.29. The van der Waals surface area contributed by atoms with Crippen molar-refractivity contribution in [3.05, 3.63) is 23.8 Å². The molecule has 1 aromatic rings. The molecule has 0 saturated carbocycles. The highest BCUT2D eigenvalue weighted by molar-refractivity contribution is 5.85. The summed E-state index contributed by atoms with van der Waals surface area (Å²) in [5, 5.41) is 12.6. The lowest BCUT2D eigenvalue weighted by Crippen LogP contribution is -2.40. The van der Waals surface area contributed by atoms with E-state index in [9.17, 15) is 14.4 Å². The minimum atomic E-state index is -1.17. The Morgan fingerprint density at radius 2 is 1.95 bits per heavy atom. The van der Waals surface area contributed by atoms with Crippen molar-refractivity contribution in [2.24, 2.45) is 0 Å². The zero-order valence-corrected chi connectivity index (χ0v) is 10.8.